The van der Waals surface area contributed by atoms with Gasteiger partial charge in [-0.05, 0) is 60.7 Å². The van der Waals surface area contributed by atoms with Crippen LogP contribution < -0.4 is 9.47 Å². The highest BCUT2D eigenvalue weighted by molar-refractivity contribution is 9.10. The molecule has 0 saturated heterocycles. The molecule has 0 N–H and O–H groups in total. The van der Waals surface area contributed by atoms with Crippen LogP contribution in [0.4, 0.5) is 0 Å². The summed E-state index contributed by atoms with van der Waals surface area (Å²) < 4.78 is 12.3. The standard InChI is InChI=1S/C16H23BrO2/c1-5-8-12(4)9-13-10-14(17)16(19-7-3)11-15(13)18-6-2/h5,8,10-12H,6-7,9H2,1-4H3/b8-5-. The molecule has 1 aromatic carbocycles. The van der Waals surface area contributed by atoms with Crippen LogP contribution in [0.3, 0.4) is 0 Å². The van der Waals surface area contributed by atoms with Crippen molar-refractivity contribution in [2.45, 2.75) is 34.1 Å². The first-order valence-corrected chi connectivity index (χ1v) is 7.62. The van der Waals surface area contributed by atoms with Crippen molar-refractivity contribution in [1.82, 2.24) is 0 Å². The van der Waals surface area contributed by atoms with E-state index in [0.717, 1.165) is 22.4 Å². The number of allylic oxidation sites excluding steroid dienone is 2. The molecule has 0 saturated carbocycles. The highest BCUT2D eigenvalue weighted by Crippen LogP contribution is 2.34. The van der Waals surface area contributed by atoms with Gasteiger partial charge < -0.3 is 9.47 Å². The lowest BCUT2D eigenvalue weighted by atomic mass is 10.00. The first kappa shape index (κ1) is 16.1. The van der Waals surface area contributed by atoms with Gasteiger partial charge >= 0.3 is 0 Å². The molecule has 1 unspecified atom stereocenters. The van der Waals surface area contributed by atoms with Crippen LogP contribution in [0, 0.1) is 5.92 Å². The van der Waals surface area contributed by atoms with Gasteiger partial charge in [0.1, 0.15) is 11.5 Å². The van der Waals surface area contributed by atoms with Gasteiger partial charge in [-0.3, -0.25) is 0 Å². The van der Waals surface area contributed by atoms with Crippen molar-refractivity contribution in [2.75, 3.05) is 13.2 Å². The van der Waals surface area contributed by atoms with Gasteiger partial charge in [0.15, 0.2) is 0 Å². The van der Waals surface area contributed by atoms with Crippen molar-refractivity contribution < 1.29 is 9.47 Å². The van der Waals surface area contributed by atoms with E-state index >= 15 is 0 Å². The predicted molar refractivity (Wildman–Crippen MR) is 84.2 cm³/mol. The van der Waals surface area contributed by atoms with Crippen LogP contribution in [0.1, 0.15) is 33.3 Å². The Bertz CT molecular complexity index is 427. The van der Waals surface area contributed by atoms with Gasteiger partial charge in [0, 0.05) is 6.07 Å². The molecule has 1 atom stereocenters. The number of halogens is 1. The Kier molecular flexibility index (Phi) is 7.00. The fraction of sp³-hybridized carbons (Fsp3) is 0.500. The van der Waals surface area contributed by atoms with Gasteiger partial charge in [0.2, 0.25) is 0 Å². The SMILES string of the molecule is C/C=C\C(C)Cc1cc(Br)c(OCC)cc1OCC. The molecular formula is C16H23BrO2. The molecular weight excluding hydrogens is 304 g/mol. The quantitative estimate of drug-likeness (QED) is 0.656. The summed E-state index contributed by atoms with van der Waals surface area (Å²) in [5.41, 5.74) is 1.21. The Hall–Kier alpha value is -0.960. The number of ether oxygens (including phenoxy) is 2. The van der Waals surface area contributed by atoms with E-state index in [1.165, 1.54) is 5.56 Å². The second-order valence-electron chi connectivity index (χ2n) is 4.46. The van der Waals surface area contributed by atoms with Gasteiger partial charge in [0.05, 0.1) is 17.7 Å². The van der Waals surface area contributed by atoms with Crippen molar-refractivity contribution in [3.63, 3.8) is 0 Å². The maximum Gasteiger partial charge on any atom is 0.137 e. The van der Waals surface area contributed by atoms with E-state index in [9.17, 15) is 0 Å². The Morgan fingerprint density at radius 1 is 1.16 bits per heavy atom. The van der Waals surface area contributed by atoms with Gasteiger partial charge in [-0.1, -0.05) is 19.1 Å². The van der Waals surface area contributed by atoms with Crippen LogP contribution in [0.5, 0.6) is 11.5 Å². The third-order valence-electron chi connectivity index (χ3n) is 2.78. The Labute approximate surface area is 124 Å². The number of benzene rings is 1. The lowest BCUT2D eigenvalue weighted by Crippen LogP contribution is -2.03. The largest absolute Gasteiger partial charge is 0.493 e. The fourth-order valence-corrected chi connectivity index (χ4v) is 2.54. The van der Waals surface area contributed by atoms with Crippen molar-refractivity contribution in [1.29, 1.82) is 0 Å². The van der Waals surface area contributed by atoms with Crippen molar-refractivity contribution in [3.8, 4) is 11.5 Å². The zero-order valence-electron chi connectivity index (χ0n) is 12.2. The second kappa shape index (κ2) is 8.26. The molecule has 1 rings (SSSR count). The molecule has 0 aliphatic heterocycles. The lowest BCUT2D eigenvalue weighted by Gasteiger charge is -2.16. The molecule has 1 aromatic rings. The smallest absolute Gasteiger partial charge is 0.137 e. The second-order valence-corrected chi connectivity index (χ2v) is 5.32. The molecule has 0 amide bonds. The van der Waals surface area contributed by atoms with Crippen molar-refractivity contribution >= 4 is 15.9 Å². The third-order valence-corrected chi connectivity index (χ3v) is 3.40. The van der Waals surface area contributed by atoms with E-state index in [1.54, 1.807) is 0 Å². The molecule has 0 heterocycles. The minimum atomic E-state index is 0.494. The molecule has 2 nitrogen and oxygen atoms in total. The molecule has 19 heavy (non-hydrogen) atoms. The van der Waals surface area contributed by atoms with Gasteiger partial charge in [0.25, 0.3) is 0 Å². The van der Waals surface area contributed by atoms with Gasteiger partial charge in [-0.2, -0.15) is 0 Å². The van der Waals surface area contributed by atoms with Crippen LogP contribution in [0.25, 0.3) is 0 Å². The Balaban J connectivity index is 3.03. The molecule has 0 aliphatic carbocycles. The van der Waals surface area contributed by atoms with Gasteiger partial charge in [-0.25, -0.2) is 0 Å². The highest BCUT2D eigenvalue weighted by atomic mass is 79.9. The third kappa shape index (κ3) is 4.90. The monoisotopic (exact) mass is 326 g/mol. The van der Waals surface area contributed by atoms with E-state index in [2.05, 4.69) is 41.1 Å². The average molecular weight is 327 g/mol. The van der Waals surface area contributed by atoms with Crippen molar-refractivity contribution in [2.24, 2.45) is 5.92 Å². The van der Waals surface area contributed by atoms with E-state index < -0.39 is 0 Å². The molecule has 106 valence electrons. The molecule has 3 heteroatoms. The van der Waals surface area contributed by atoms with Crippen LogP contribution in [0.2, 0.25) is 0 Å². The molecule has 0 aliphatic rings. The Morgan fingerprint density at radius 2 is 1.79 bits per heavy atom. The Morgan fingerprint density at radius 3 is 2.37 bits per heavy atom. The van der Waals surface area contributed by atoms with E-state index in [4.69, 9.17) is 9.47 Å². The average Bonchev–Trinajstić information content (AvgIpc) is 2.35. The number of hydrogen-bond acceptors (Lipinski definition) is 2. The summed E-state index contributed by atoms with van der Waals surface area (Å²) in [6.07, 6.45) is 5.26. The minimum absolute atomic E-state index is 0.494. The minimum Gasteiger partial charge on any atom is -0.493 e. The summed E-state index contributed by atoms with van der Waals surface area (Å²) in [7, 11) is 0. The lowest BCUT2D eigenvalue weighted by molar-refractivity contribution is 0.319. The highest BCUT2D eigenvalue weighted by Gasteiger charge is 2.12. The van der Waals surface area contributed by atoms with E-state index in [-0.39, 0.29) is 0 Å². The summed E-state index contributed by atoms with van der Waals surface area (Å²) in [5.74, 6) is 2.26. The summed E-state index contributed by atoms with van der Waals surface area (Å²) in [6.45, 7) is 9.56. The number of rotatable bonds is 7. The van der Waals surface area contributed by atoms with E-state index in [0.29, 0.717) is 19.1 Å². The zero-order valence-corrected chi connectivity index (χ0v) is 13.8. The number of hydrogen-bond donors (Lipinski definition) is 0. The maximum absolute atomic E-state index is 5.73. The molecule has 0 aromatic heterocycles. The topological polar surface area (TPSA) is 18.5 Å². The van der Waals surface area contributed by atoms with Crippen LogP contribution in [-0.4, -0.2) is 13.2 Å². The first-order chi connectivity index (χ1) is 9.12. The fourth-order valence-electron chi connectivity index (χ4n) is 2.03. The van der Waals surface area contributed by atoms with E-state index in [1.807, 2.05) is 26.8 Å². The first-order valence-electron chi connectivity index (χ1n) is 6.83. The summed E-state index contributed by atoms with van der Waals surface area (Å²) in [5, 5.41) is 0. The predicted octanol–water partition coefficient (Wildman–Crippen LogP) is 5.00. The normalized spacial score (nSPS) is 12.7. The molecule has 0 spiro atoms. The molecule has 0 fully saturated rings. The van der Waals surface area contributed by atoms with Crippen LogP contribution in [0.15, 0.2) is 28.8 Å². The van der Waals surface area contributed by atoms with Crippen LogP contribution in [-0.2, 0) is 6.42 Å². The molecule has 0 radical (unpaired) electrons. The summed E-state index contributed by atoms with van der Waals surface area (Å²) >= 11 is 3.56. The maximum atomic E-state index is 5.73. The van der Waals surface area contributed by atoms with Gasteiger partial charge in [-0.15, -0.1) is 0 Å². The zero-order chi connectivity index (χ0) is 14.3. The summed E-state index contributed by atoms with van der Waals surface area (Å²) in [4.78, 5) is 0. The molecule has 0 bridgehead atoms. The van der Waals surface area contributed by atoms with Crippen LogP contribution >= 0.6 is 15.9 Å². The summed E-state index contributed by atoms with van der Waals surface area (Å²) in [6, 6.07) is 4.09. The van der Waals surface area contributed by atoms with Crippen molar-refractivity contribution in [3.05, 3.63) is 34.3 Å².